The normalized spacial score (nSPS) is 39.0. The fourth-order valence-electron chi connectivity index (χ4n) is 9.75. The van der Waals surface area contributed by atoms with Gasteiger partial charge in [0.05, 0.1) is 30.8 Å². The van der Waals surface area contributed by atoms with Gasteiger partial charge in [0, 0.05) is 44.2 Å². The Morgan fingerprint density at radius 1 is 0.855 bits per heavy atom. The number of hydrogen-bond donors (Lipinski definition) is 5. The third-order valence-electron chi connectivity index (χ3n) is 14.0. The van der Waals surface area contributed by atoms with Crippen molar-refractivity contribution < 1.29 is 58.9 Å². The number of rotatable bonds is 4. The van der Waals surface area contributed by atoms with Crippen LogP contribution in [0.4, 0.5) is 0 Å². The van der Waals surface area contributed by atoms with Gasteiger partial charge in [0.2, 0.25) is 5.91 Å². The summed E-state index contributed by atoms with van der Waals surface area (Å²) < 4.78 is 18.5. The molecule has 15 atom stereocenters. The van der Waals surface area contributed by atoms with Crippen molar-refractivity contribution in [1.82, 2.24) is 4.90 Å². The van der Waals surface area contributed by atoms with Crippen molar-refractivity contribution in [3.8, 4) is 0 Å². The van der Waals surface area contributed by atoms with Gasteiger partial charge in [0.15, 0.2) is 11.6 Å². The van der Waals surface area contributed by atoms with Gasteiger partial charge >= 0.3 is 5.97 Å². The Hall–Kier alpha value is -3.04. The molecule has 0 aromatic heterocycles. The van der Waals surface area contributed by atoms with Crippen LogP contribution in [0.25, 0.3) is 0 Å². The molecule has 0 aromatic rings. The number of amides is 1. The molecule has 0 spiro atoms. The van der Waals surface area contributed by atoms with Gasteiger partial charge in [-0.15, -0.1) is 0 Å². The second-order valence-electron chi connectivity index (χ2n) is 19.3. The van der Waals surface area contributed by atoms with E-state index in [4.69, 9.17) is 14.2 Å². The number of esters is 1. The SMILES string of the molecule is COC1CC2CCC(C)C(O)(CC(=O)N3CCCCC3C(=O)OC(C(C)CC3CCC(O)C(O)C3)CC(=O)C(C)C=C(C)C(O)C(O)C(=O)C(C)CC(C)C=CC=CC=C1C)O2. The van der Waals surface area contributed by atoms with E-state index in [0.29, 0.717) is 77.2 Å². The molecule has 3 aliphatic heterocycles. The first-order valence-electron chi connectivity index (χ1n) is 23.2. The van der Waals surface area contributed by atoms with Gasteiger partial charge < -0.3 is 44.6 Å². The van der Waals surface area contributed by atoms with E-state index in [1.165, 1.54) is 11.0 Å². The largest absolute Gasteiger partial charge is 0.460 e. The number of aliphatic hydroxyl groups is 5. The lowest BCUT2D eigenvalue weighted by atomic mass is 9.78. The molecule has 4 rings (SSSR count). The Morgan fingerprint density at radius 3 is 2.27 bits per heavy atom. The number of fused-ring (bicyclic) bond motifs is 3. The summed E-state index contributed by atoms with van der Waals surface area (Å²) in [5.41, 5.74) is 1.21. The molecule has 1 amide bonds. The van der Waals surface area contributed by atoms with E-state index in [1.807, 2.05) is 58.1 Å². The van der Waals surface area contributed by atoms with Gasteiger partial charge in [0.25, 0.3) is 0 Å². The first-order valence-corrected chi connectivity index (χ1v) is 23.2. The summed E-state index contributed by atoms with van der Waals surface area (Å²) in [4.78, 5) is 57.2. The van der Waals surface area contributed by atoms with Crippen LogP contribution >= 0.6 is 0 Å². The lowest BCUT2D eigenvalue weighted by molar-refractivity contribution is -0.284. The smallest absolute Gasteiger partial charge is 0.329 e. The predicted octanol–water partition coefficient (Wildman–Crippen LogP) is 5.69. The minimum atomic E-state index is -1.76. The van der Waals surface area contributed by atoms with Crippen molar-refractivity contribution in [2.45, 2.75) is 186 Å². The molecule has 4 aliphatic rings. The van der Waals surface area contributed by atoms with E-state index < -0.39 is 71.8 Å². The molecule has 13 nitrogen and oxygen atoms in total. The second kappa shape index (κ2) is 23.8. The van der Waals surface area contributed by atoms with Crippen LogP contribution < -0.4 is 0 Å². The topological polar surface area (TPSA) is 200 Å². The second-order valence-corrected chi connectivity index (χ2v) is 19.3. The number of aliphatic hydroxyl groups excluding tert-OH is 4. The number of methoxy groups -OCH3 is 1. The van der Waals surface area contributed by atoms with E-state index in [2.05, 4.69) is 0 Å². The molecule has 62 heavy (non-hydrogen) atoms. The summed E-state index contributed by atoms with van der Waals surface area (Å²) in [5.74, 6) is -5.62. The quantitative estimate of drug-likeness (QED) is 0.171. The summed E-state index contributed by atoms with van der Waals surface area (Å²) >= 11 is 0. The highest BCUT2D eigenvalue weighted by Gasteiger charge is 2.46. The monoisotopic (exact) mass is 872 g/mol. The standard InChI is InChI=1S/C49H77NO12/c1-29-14-10-9-11-15-30(2)42(60-8)26-37-19-17-35(7)49(59,62-37)28-44(54)50-21-13-12-16-38(50)48(58)61-43(32(4)24-36-18-20-39(51)41(53)25-36)27-40(52)31(3)23-34(6)46(56)47(57)45(55)33(5)22-29/h9-11,14-15,23,29,31-33,35-39,41-43,46-47,51,53,56-57,59H,12-13,16-22,24-28H2,1-8H3. The Kier molecular flexibility index (Phi) is 19.8. The molecule has 3 heterocycles. The number of hydrogen-bond acceptors (Lipinski definition) is 12. The third kappa shape index (κ3) is 14.2. The Balaban J connectivity index is 1.65. The van der Waals surface area contributed by atoms with Crippen LogP contribution in [0.15, 0.2) is 47.6 Å². The zero-order chi connectivity index (χ0) is 45.9. The fraction of sp³-hybridized carbons (Fsp3) is 0.755. The molecule has 2 saturated heterocycles. The molecule has 350 valence electrons. The van der Waals surface area contributed by atoms with Gasteiger partial charge in [0.1, 0.15) is 30.1 Å². The van der Waals surface area contributed by atoms with Crippen LogP contribution in [0.1, 0.15) is 132 Å². The van der Waals surface area contributed by atoms with Gasteiger partial charge in [-0.2, -0.15) is 0 Å². The number of cyclic esters (lactones) is 1. The van der Waals surface area contributed by atoms with Crippen molar-refractivity contribution >= 4 is 23.4 Å². The third-order valence-corrected chi connectivity index (χ3v) is 14.0. The highest BCUT2D eigenvalue weighted by Crippen LogP contribution is 2.38. The number of allylic oxidation sites excluding steroid dienone is 6. The summed E-state index contributed by atoms with van der Waals surface area (Å²) in [6, 6.07) is -0.935. The van der Waals surface area contributed by atoms with E-state index in [1.54, 1.807) is 27.9 Å². The molecule has 13 heteroatoms. The van der Waals surface area contributed by atoms with Crippen LogP contribution in [0.2, 0.25) is 0 Å². The summed E-state index contributed by atoms with van der Waals surface area (Å²) in [5, 5.41) is 54.6. The molecule has 5 N–H and O–H groups in total. The summed E-state index contributed by atoms with van der Waals surface area (Å²) in [6.07, 6.45) is 10.0. The maximum absolute atomic E-state index is 14.3. The molecule has 1 aliphatic carbocycles. The first-order chi connectivity index (χ1) is 29.2. The molecule has 3 fully saturated rings. The maximum atomic E-state index is 14.3. The van der Waals surface area contributed by atoms with Crippen LogP contribution in [0.3, 0.4) is 0 Å². The minimum Gasteiger partial charge on any atom is -0.460 e. The molecule has 0 aromatic carbocycles. The predicted molar refractivity (Wildman–Crippen MR) is 235 cm³/mol. The number of nitrogens with zero attached hydrogens (tertiary/aromatic N) is 1. The van der Waals surface area contributed by atoms with Crippen molar-refractivity contribution in [3.63, 3.8) is 0 Å². The van der Waals surface area contributed by atoms with Gasteiger partial charge in [-0.05, 0) is 107 Å². The van der Waals surface area contributed by atoms with Gasteiger partial charge in [-0.1, -0.05) is 71.1 Å². The van der Waals surface area contributed by atoms with Crippen molar-refractivity contribution in [2.24, 2.45) is 35.5 Å². The maximum Gasteiger partial charge on any atom is 0.329 e. The number of ketones is 2. The molecule has 2 bridgehead atoms. The van der Waals surface area contributed by atoms with E-state index in [0.717, 1.165) is 5.57 Å². The van der Waals surface area contributed by atoms with Crippen LogP contribution in [-0.4, -0.2) is 122 Å². The first kappa shape index (κ1) is 51.6. The summed E-state index contributed by atoms with van der Waals surface area (Å²) in [7, 11) is 1.62. The zero-order valence-corrected chi connectivity index (χ0v) is 38.5. The summed E-state index contributed by atoms with van der Waals surface area (Å²) in [6.45, 7) is 12.9. The van der Waals surface area contributed by atoms with E-state index in [-0.39, 0.29) is 60.1 Å². The van der Waals surface area contributed by atoms with Crippen molar-refractivity contribution in [1.29, 1.82) is 0 Å². The lowest BCUT2D eigenvalue weighted by Gasteiger charge is -2.44. The number of ether oxygens (including phenoxy) is 3. The van der Waals surface area contributed by atoms with E-state index in [9.17, 15) is 44.7 Å². The average Bonchev–Trinajstić information content (AvgIpc) is 3.23. The van der Waals surface area contributed by atoms with Crippen LogP contribution in [0.5, 0.6) is 0 Å². The lowest BCUT2D eigenvalue weighted by Crippen LogP contribution is -2.55. The van der Waals surface area contributed by atoms with Gasteiger partial charge in [-0.3, -0.25) is 14.4 Å². The van der Waals surface area contributed by atoms with Crippen LogP contribution in [-0.2, 0) is 33.4 Å². The fourth-order valence-corrected chi connectivity index (χ4v) is 9.75. The Labute approximate surface area is 369 Å². The highest BCUT2D eigenvalue weighted by atomic mass is 16.6. The molecular weight excluding hydrogens is 795 g/mol. The van der Waals surface area contributed by atoms with Gasteiger partial charge in [-0.25, -0.2) is 4.79 Å². The number of piperidine rings is 1. The van der Waals surface area contributed by atoms with Crippen molar-refractivity contribution in [3.05, 3.63) is 47.6 Å². The highest BCUT2D eigenvalue weighted by molar-refractivity contribution is 5.87. The molecule has 15 unspecified atom stereocenters. The van der Waals surface area contributed by atoms with E-state index >= 15 is 0 Å². The van der Waals surface area contributed by atoms with Crippen molar-refractivity contribution in [2.75, 3.05) is 13.7 Å². The van der Waals surface area contributed by atoms with Crippen LogP contribution in [0, 0.1) is 35.5 Å². The molecule has 0 radical (unpaired) electrons. The Bertz CT molecular complexity index is 1640. The minimum absolute atomic E-state index is 0.0125. The molecule has 1 saturated carbocycles. The average molecular weight is 872 g/mol. The zero-order valence-electron chi connectivity index (χ0n) is 38.5. The molecular formula is C49H77NO12. The Morgan fingerprint density at radius 2 is 1.58 bits per heavy atom. The number of Topliss-reactive ketones (excluding diaryl/α,β-unsaturated/α-hetero) is 2. The number of carbonyl (C=O) groups excluding carboxylic acids is 4. The number of carbonyl (C=O) groups is 4.